The number of rotatable bonds is 2. The molecule has 0 bridgehead atoms. The number of carbonyl (C=O) groups is 1. The molecule has 4 heteroatoms. The molecule has 108 valence electrons. The van der Waals surface area contributed by atoms with Crippen molar-refractivity contribution in [3.63, 3.8) is 0 Å². The van der Waals surface area contributed by atoms with E-state index in [-0.39, 0.29) is 11.9 Å². The van der Waals surface area contributed by atoms with Crippen molar-refractivity contribution in [3.8, 4) is 0 Å². The van der Waals surface area contributed by atoms with Crippen molar-refractivity contribution in [2.24, 2.45) is 0 Å². The molecule has 2 aromatic carbocycles. The second-order valence-corrected chi connectivity index (χ2v) is 5.50. The highest BCUT2D eigenvalue weighted by Crippen LogP contribution is 2.31. The SMILES string of the molecule is Cc1cc(N)ccc1C(=O)N[C@H]1c2ccccc2C[C@H]1O. The number of carbonyl (C=O) groups excluding carboxylic acids is 1. The maximum Gasteiger partial charge on any atom is 0.252 e. The van der Waals surface area contributed by atoms with Crippen LogP contribution in [0.2, 0.25) is 0 Å². The first-order valence-electron chi connectivity index (χ1n) is 6.99. The summed E-state index contributed by atoms with van der Waals surface area (Å²) < 4.78 is 0. The summed E-state index contributed by atoms with van der Waals surface area (Å²) in [4.78, 5) is 12.4. The topological polar surface area (TPSA) is 75.4 Å². The fourth-order valence-electron chi connectivity index (χ4n) is 2.91. The Labute approximate surface area is 123 Å². The van der Waals surface area contributed by atoms with E-state index < -0.39 is 6.10 Å². The fraction of sp³-hybridized carbons (Fsp3) is 0.235. The average Bonchev–Trinajstić information content (AvgIpc) is 2.75. The Balaban J connectivity index is 1.85. The van der Waals surface area contributed by atoms with Crippen LogP contribution < -0.4 is 11.1 Å². The standard InChI is InChI=1S/C17H18N2O2/c1-10-8-12(18)6-7-13(10)17(21)19-16-14-5-3-2-4-11(14)9-15(16)20/h2-8,15-16,20H,9,18H2,1H3,(H,19,21)/t15-,16+/m1/s1. The average molecular weight is 282 g/mol. The molecular formula is C17H18N2O2. The minimum atomic E-state index is -0.583. The molecule has 0 saturated carbocycles. The summed E-state index contributed by atoms with van der Waals surface area (Å²) in [6.07, 6.45) is -0.0117. The van der Waals surface area contributed by atoms with Gasteiger partial charge in [-0.2, -0.15) is 0 Å². The molecular weight excluding hydrogens is 264 g/mol. The van der Waals surface area contributed by atoms with Crippen molar-refractivity contribution in [1.29, 1.82) is 0 Å². The summed E-state index contributed by atoms with van der Waals surface area (Å²) in [5.74, 6) is -0.187. The normalized spacial score (nSPS) is 20.1. The first-order chi connectivity index (χ1) is 10.1. The van der Waals surface area contributed by atoms with Gasteiger partial charge in [0.15, 0.2) is 0 Å². The van der Waals surface area contributed by atoms with Gasteiger partial charge in [0.05, 0.1) is 12.1 Å². The number of hydrogen-bond donors (Lipinski definition) is 3. The van der Waals surface area contributed by atoms with Crippen LogP contribution in [-0.2, 0) is 6.42 Å². The highest BCUT2D eigenvalue weighted by atomic mass is 16.3. The van der Waals surface area contributed by atoms with Crippen molar-refractivity contribution in [3.05, 3.63) is 64.7 Å². The molecule has 2 atom stereocenters. The smallest absolute Gasteiger partial charge is 0.252 e. The molecule has 0 unspecified atom stereocenters. The lowest BCUT2D eigenvalue weighted by Gasteiger charge is -2.18. The lowest BCUT2D eigenvalue weighted by molar-refractivity contribution is 0.0857. The van der Waals surface area contributed by atoms with Crippen LogP contribution in [-0.4, -0.2) is 17.1 Å². The molecule has 3 rings (SSSR count). The number of nitrogens with one attached hydrogen (secondary N) is 1. The first-order valence-corrected chi connectivity index (χ1v) is 6.99. The molecule has 0 spiro atoms. The van der Waals surface area contributed by atoms with Crippen molar-refractivity contribution in [2.75, 3.05) is 5.73 Å². The van der Waals surface area contributed by atoms with Gasteiger partial charge in [-0.1, -0.05) is 24.3 Å². The van der Waals surface area contributed by atoms with Gasteiger partial charge in [-0.3, -0.25) is 4.79 Å². The number of nitrogens with two attached hydrogens (primary N) is 1. The Morgan fingerprint density at radius 2 is 2.05 bits per heavy atom. The fourth-order valence-corrected chi connectivity index (χ4v) is 2.91. The molecule has 1 aliphatic rings. The number of benzene rings is 2. The van der Waals surface area contributed by atoms with Crippen molar-refractivity contribution < 1.29 is 9.90 Å². The highest BCUT2D eigenvalue weighted by Gasteiger charge is 2.32. The van der Waals surface area contributed by atoms with Crippen molar-refractivity contribution >= 4 is 11.6 Å². The summed E-state index contributed by atoms with van der Waals surface area (Å²) in [6, 6.07) is 12.6. The molecule has 0 aliphatic heterocycles. The van der Waals surface area contributed by atoms with E-state index in [1.807, 2.05) is 31.2 Å². The van der Waals surface area contributed by atoms with E-state index in [1.54, 1.807) is 18.2 Å². The second-order valence-electron chi connectivity index (χ2n) is 5.50. The lowest BCUT2D eigenvalue weighted by atomic mass is 10.0. The molecule has 0 aromatic heterocycles. The molecule has 0 fully saturated rings. The quantitative estimate of drug-likeness (QED) is 0.737. The maximum absolute atomic E-state index is 12.4. The third-order valence-electron chi connectivity index (χ3n) is 3.99. The zero-order chi connectivity index (χ0) is 15.0. The number of fused-ring (bicyclic) bond motifs is 1. The Morgan fingerprint density at radius 1 is 1.29 bits per heavy atom. The zero-order valence-electron chi connectivity index (χ0n) is 11.8. The predicted octanol–water partition coefficient (Wildman–Crippen LogP) is 1.97. The van der Waals surface area contributed by atoms with Crippen LogP contribution in [0.25, 0.3) is 0 Å². The lowest BCUT2D eigenvalue weighted by Crippen LogP contribution is -2.34. The van der Waals surface area contributed by atoms with E-state index in [9.17, 15) is 9.90 Å². The molecule has 1 amide bonds. The van der Waals surface area contributed by atoms with Crippen LogP contribution in [0.5, 0.6) is 0 Å². The van der Waals surface area contributed by atoms with E-state index in [2.05, 4.69) is 5.32 Å². The minimum Gasteiger partial charge on any atom is -0.399 e. The molecule has 4 nitrogen and oxygen atoms in total. The number of aliphatic hydroxyl groups is 1. The number of amides is 1. The van der Waals surface area contributed by atoms with E-state index in [0.717, 1.165) is 16.7 Å². The summed E-state index contributed by atoms with van der Waals surface area (Å²) in [6.45, 7) is 1.85. The molecule has 21 heavy (non-hydrogen) atoms. The summed E-state index contributed by atoms with van der Waals surface area (Å²) in [5, 5.41) is 13.1. The monoisotopic (exact) mass is 282 g/mol. The Hall–Kier alpha value is -2.33. The van der Waals surface area contributed by atoms with Gasteiger partial charge >= 0.3 is 0 Å². The zero-order valence-corrected chi connectivity index (χ0v) is 11.8. The molecule has 1 aliphatic carbocycles. The minimum absolute atomic E-state index is 0.187. The van der Waals surface area contributed by atoms with Crippen LogP contribution >= 0.6 is 0 Å². The first kappa shape index (κ1) is 13.6. The van der Waals surface area contributed by atoms with Gasteiger partial charge < -0.3 is 16.2 Å². The summed E-state index contributed by atoms with van der Waals surface area (Å²) in [5.41, 5.74) is 9.83. The number of aliphatic hydroxyl groups excluding tert-OH is 1. The van der Waals surface area contributed by atoms with Gasteiger partial charge in [0.1, 0.15) is 0 Å². The van der Waals surface area contributed by atoms with E-state index in [4.69, 9.17) is 5.73 Å². The van der Waals surface area contributed by atoms with Gasteiger partial charge in [0.25, 0.3) is 5.91 Å². The molecule has 0 heterocycles. The van der Waals surface area contributed by atoms with Crippen LogP contribution in [0.4, 0.5) is 5.69 Å². The number of anilines is 1. The van der Waals surface area contributed by atoms with Gasteiger partial charge in [-0.15, -0.1) is 0 Å². The van der Waals surface area contributed by atoms with Crippen LogP contribution in [0.15, 0.2) is 42.5 Å². The third-order valence-corrected chi connectivity index (χ3v) is 3.99. The summed E-state index contributed by atoms with van der Waals surface area (Å²) >= 11 is 0. The molecule has 0 radical (unpaired) electrons. The van der Waals surface area contributed by atoms with Gasteiger partial charge in [0.2, 0.25) is 0 Å². The summed E-state index contributed by atoms with van der Waals surface area (Å²) in [7, 11) is 0. The highest BCUT2D eigenvalue weighted by molar-refractivity contribution is 5.96. The maximum atomic E-state index is 12.4. The van der Waals surface area contributed by atoms with E-state index >= 15 is 0 Å². The van der Waals surface area contributed by atoms with E-state index in [0.29, 0.717) is 17.7 Å². The van der Waals surface area contributed by atoms with Crippen LogP contribution in [0.3, 0.4) is 0 Å². The number of hydrogen-bond acceptors (Lipinski definition) is 3. The predicted molar refractivity (Wildman–Crippen MR) is 82.0 cm³/mol. The second kappa shape index (κ2) is 5.22. The van der Waals surface area contributed by atoms with Crippen LogP contribution in [0.1, 0.15) is 33.1 Å². The Bertz CT molecular complexity index is 697. The molecule has 4 N–H and O–H groups in total. The Kier molecular flexibility index (Phi) is 3.39. The number of aryl methyl sites for hydroxylation is 1. The molecule has 2 aromatic rings. The molecule has 0 saturated heterocycles. The number of nitrogen functional groups attached to an aromatic ring is 1. The van der Waals surface area contributed by atoms with E-state index in [1.165, 1.54) is 0 Å². The van der Waals surface area contributed by atoms with Gasteiger partial charge in [-0.05, 0) is 41.8 Å². The Morgan fingerprint density at radius 3 is 2.81 bits per heavy atom. The van der Waals surface area contributed by atoms with Crippen LogP contribution in [0, 0.1) is 6.92 Å². The van der Waals surface area contributed by atoms with Crippen molar-refractivity contribution in [2.45, 2.75) is 25.5 Å². The van der Waals surface area contributed by atoms with Gasteiger partial charge in [-0.25, -0.2) is 0 Å². The van der Waals surface area contributed by atoms with Gasteiger partial charge in [0, 0.05) is 17.7 Å². The van der Waals surface area contributed by atoms with Crippen molar-refractivity contribution in [1.82, 2.24) is 5.32 Å². The third kappa shape index (κ3) is 2.50. The largest absolute Gasteiger partial charge is 0.399 e.